The van der Waals surface area contributed by atoms with E-state index in [1.54, 1.807) is 44.2 Å². The van der Waals surface area contributed by atoms with Crippen molar-refractivity contribution in [2.24, 2.45) is 0 Å². The van der Waals surface area contributed by atoms with Crippen molar-refractivity contribution in [3.8, 4) is 28.4 Å². The van der Waals surface area contributed by atoms with Crippen LogP contribution >= 0.6 is 0 Å². The highest BCUT2D eigenvalue weighted by Crippen LogP contribution is 2.36. The van der Waals surface area contributed by atoms with E-state index in [0.29, 0.717) is 22.7 Å². The van der Waals surface area contributed by atoms with Crippen LogP contribution in [0.1, 0.15) is 11.1 Å². The lowest BCUT2D eigenvalue weighted by atomic mass is 10.0. The molecule has 3 aromatic carbocycles. The molecule has 28 heavy (non-hydrogen) atoms. The van der Waals surface area contributed by atoms with Gasteiger partial charge in [0.1, 0.15) is 17.2 Å². The topological polar surface area (TPSA) is 95.9 Å². The van der Waals surface area contributed by atoms with E-state index in [-0.39, 0.29) is 5.75 Å². The van der Waals surface area contributed by atoms with E-state index < -0.39 is 11.9 Å². The number of carboxylic acid groups (broad SMARTS) is 1. The van der Waals surface area contributed by atoms with Gasteiger partial charge < -0.3 is 20.3 Å². The van der Waals surface area contributed by atoms with Gasteiger partial charge in [-0.05, 0) is 60.9 Å². The van der Waals surface area contributed by atoms with Crippen molar-refractivity contribution >= 4 is 17.6 Å². The highest BCUT2D eigenvalue weighted by atomic mass is 16.5. The molecule has 0 aliphatic heterocycles. The first-order chi connectivity index (χ1) is 13.3. The number of nitrogens with one attached hydrogen (secondary N) is 1. The van der Waals surface area contributed by atoms with Gasteiger partial charge in [-0.2, -0.15) is 0 Å². The van der Waals surface area contributed by atoms with E-state index in [1.165, 1.54) is 0 Å². The fraction of sp³-hybridized carbons (Fsp3) is 0.0909. The fourth-order valence-corrected chi connectivity index (χ4v) is 2.91. The summed E-state index contributed by atoms with van der Waals surface area (Å²) < 4.78 is 6.02. The zero-order valence-electron chi connectivity index (χ0n) is 15.4. The Kier molecular flexibility index (Phi) is 5.31. The molecule has 0 saturated carbocycles. The van der Waals surface area contributed by atoms with Crippen LogP contribution in [-0.2, 0) is 9.59 Å². The summed E-state index contributed by atoms with van der Waals surface area (Å²) in [7, 11) is 0. The second-order valence-corrected chi connectivity index (χ2v) is 6.35. The number of amides is 1. The van der Waals surface area contributed by atoms with Gasteiger partial charge in [0.05, 0.1) is 0 Å². The number of aryl methyl sites for hydroxylation is 2. The SMILES string of the molecule is Cc1cc(NC(=O)C(=O)O)cc(C)c1Oc1ccc(O)c(-c2ccccc2)c1. The van der Waals surface area contributed by atoms with E-state index in [4.69, 9.17) is 9.84 Å². The van der Waals surface area contributed by atoms with Gasteiger partial charge in [-0.1, -0.05) is 30.3 Å². The first kappa shape index (κ1) is 19.0. The van der Waals surface area contributed by atoms with Gasteiger partial charge in [-0.15, -0.1) is 0 Å². The number of benzene rings is 3. The van der Waals surface area contributed by atoms with Gasteiger partial charge >= 0.3 is 11.9 Å². The number of anilines is 1. The van der Waals surface area contributed by atoms with Gasteiger partial charge in [0.2, 0.25) is 0 Å². The minimum Gasteiger partial charge on any atom is -0.507 e. The molecule has 0 bridgehead atoms. The summed E-state index contributed by atoms with van der Waals surface area (Å²) in [5.74, 6) is -1.35. The number of phenols is 1. The van der Waals surface area contributed by atoms with Gasteiger partial charge in [0.15, 0.2) is 0 Å². The van der Waals surface area contributed by atoms with Crippen LogP contribution in [-0.4, -0.2) is 22.1 Å². The Morgan fingerprint density at radius 2 is 1.57 bits per heavy atom. The van der Waals surface area contributed by atoms with Crippen LogP contribution in [0.5, 0.6) is 17.2 Å². The zero-order chi connectivity index (χ0) is 20.3. The number of carbonyl (C=O) groups is 2. The predicted molar refractivity (Wildman–Crippen MR) is 106 cm³/mol. The predicted octanol–water partition coefficient (Wildman–Crippen LogP) is 4.49. The number of hydrogen-bond donors (Lipinski definition) is 3. The summed E-state index contributed by atoms with van der Waals surface area (Å²) >= 11 is 0. The third-order valence-electron chi connectivity index (χ3n) is 4.19. The van der Waals surface area contributed by atoms with Crippen molar-refractivity contribution in [3.05, 3.63) is 71.8 Å². The van der Waals surface area contributed by atoms with Crippen LogP contribution in [0.2, 0.25) is 0 Å². The number of carboxylic acids is 1. The van der Waals surface area contributed by atoms with Crippen LogP contribution < -0.4 is 10.1 Å². The van der Waals surface area contributed by atoms with Crippen LogP contribution in [0.3, 0.4) is 0 Å². The van der Waals surface area contributed by atoms with Crippen molar-refractivity contribution in [1.29, 1.82) is 0 Å². The number of aromatic hydroxyl groups is 1. The first-order valence-corrected chi connectivity index (χ1v) is 8.57. The zero-order valence-corrected chi connectivity index (χ0v) is 15.4. The third-order valence-corrected chi connectivity index (χ3v) is 4.19. The molecule has 6 nitrogen and oxygen atoms in total. The largest absolute Gasteiger partial charge is 0.507 e. The summed E-state index contributed by atoms with van der Waals surface area (Å²) in [6.45, 7) is 3.61. The number of hydrogen-bond acceptors (Lipinski definition) is 4. The lowest BCUT2D eigenvalue weighted by Gasteiger charge is -2.15. The molecule has 3 rings (SSSR count). The Bertz CT molecular complexity index is 1020. The summed E-state index contributed by atoms with van der Waals surface area (Å²) in [5.41, 5.74) is 3.36. The maximum Gasteiger partial charge on any atom is 0.394 e. The standard InChI is InChI=1S/C22H19NO5/c1-13-10-16(23-21(25)22(26)27)11-14(2)20(13)28-17-8-9-19(24)18(12-17)15-6-4-3-5-7-15/h3-12,24H,1-2H3,(H,23,25)(H,26,27). The lowest BCUT2D eigenvalue weighted by molar-refractivity contribution is -0.147. The Balaban J connectivity index is 1.90. The molecule has 0 heterocycles. The number of aliphatic carboxylic acids is 1. The minimum absolute atomic E-state index is 0.152. The van der Waals surface area contributed by atoms with Crippen molar-refractivity contribution in [2.45, 2.75) is 13.8 Å². The summed E-state index contributed by atoms with van der Waals surface area (Å²) in [4.78, 5) is 22.1. The monoisotopic (exact) mass is 377 g/mol. The van der Waals surface area contributed by atoms with Crippen LogP contribution in [0, 0.1) is 13.8 Å². The highest BCUT2D eigenvalue weighted by Gasteiger charge is 2.14. The van der Waals surface area contributed by atoms with E-state index in [9.17, 15) is 14.7 Å². The first-order valence-electron chi connectivity index (χ1n) is 8.57. The summed E-state index contributed by atoms with van der Waals surface area (Å²) in [5, 5.41) is 21.2. The average molecular weight is 377 g/mol. The molecule has 0 saturated heterocycles. The smallest absolute Gasteiger partial charge is 0.394 e. The molecule has 0 aliphatic carbocycles. The normalized spacial score (nSPS) is 10.4. The molecular weight excluding hydrogens is 358 g/mol. The minimum atomic E-state index is -1.55. The Morgan fingerprint density at radius 3 is 2.18 bits per heavy atom. The molecule has 1 amide bonds. The molecule has 0 spiro atoms. The van der Waals surface area contributed by atoms with Gasteiger partial charge in [-0.3, -0.25) is 4.79 Å². The van der Waals surface area contributed by atoms with E-state index in [0.717, 1.165) is 16.7 Å². The van der Waals surface area contributed by atoms with Crippen molar-refractivity contribution in [3.63, 3.8) is 0 Å². The van der Waals surface area contributed by atoms with E-state index in [2.05, 4.69) is 5.32 Å². The molecule has 0 radical (unpaired) electrons. The third kappa shape index (κ3) is 4.12. The quantitative estimate of drug-likeness (QED) is 0.582. The molecule has 0 atom stereocenters. The molecule has 6 heteroatoms. The molecule has 3 N–H and O–H groups in total. The average Bonchev–Trinajstić information content (AvgIpc) is 2.66. The van der Waals surface area contributed by atoms with Crippen molar-refractivity contribution in [2.75, 3.05) is 5.32 Å². The van der Waals surface area contributed by atoms with Gasteiger partial charge in [-0.25, -0.2) is 4.79 Å². The van der Waals surface area contributed by atoms with Crippen LogP contribution in [0.4, 0.5) is 5.69 Å². The second kappa shape index (κ2) is 7.84. The fourth-order valence-electron chi connectivity index (χ4n) is 2.91. The van der Waals surface area contributed by atoms with E-state index in [1.807, 2.05) is 30.3 Å². The Morgan fingerprint density at radius 1 is 0.929 bits per heavy atom. The van der Waals surface area contributed by atoms with Crippen molar-refractivity contribution < 1.29 is 24.5 Å². The molecule has 0 aliphatic rings. The lowest BCUT2D eigenvalue weighted by Crippen LogP contribution is -2.21. The highest BCUT2D eigenvalue weighted by molar-refractivity contribution is 6.36. The molecule has 142 valence electrons. The summed E-state index contributed by atoms with van der Waals surface area (Å²) in [6.07, 6.45) is 0. The summed E-state index contributed by atoms with van der Waals surface area (Å²) in [6, 6.07) is 17.8. The maximum atomic E-state index is 11.3. The number of rotatable bonds is 4. The van der Waals surface area contributed by atoms with Gasteiger partial charge in [0.25, 0.3) is 0 Å². The molecule has 0 aromatic heterocycles. The van der Waals surface area contributed by atoms with Crippen LogP contribution in [0.25, 0.3) is 11.1 Å². The van der Waals surface area contributed by atoms with Crippen molar-refractivity contribution in [1.82, 2.24) is 0 Å². The molecule has 0 unspecified atom stereocenters. The number of phenolic OH excluding ortho intramolecular Hbond substituents is 1. The van der Waals surface area contributed by atoms with E-state index >= 15 is 0 Å². The molecule has 3 aromatic rings. The molecule has 0 fully saturated rings. The van der Waals surface area contributed by atoms with Crippen LogP contribution in [0.15, 0.2) is 60.7 Å². The Hall–Kier alpha value is -3.80. The van der Waals surface area contributed by atoms with Gasteiger partial charge in [0, 0.05) is 11.3 Å². The number of ether oxygens (including phenoxy) is 1. The second-order valence-electron chi connectivity index (χ2n) is 6.35. The Labute approximate surface area is 162 Å². The maximum absolute atomic E-state index is 11.3. The number of carbonyl (C=O) groups excluding carboxylic acids is 1. The molecular formula is C22H19NO5.